The molecule has 19 heavy (non-hydrogen) atoms. The predicted molar refractivity (Wildman–Crippen MR) is 60.0 cm³/mol. The summed E-state index contributed by atoms with van der Waals surface area (Å²) in [4.78, 5) is 24.4. The van der Waals surface area contributed by atoms with Crippen LogP contribution in [0.1, 0.15) is 15.9 Å². The minimum Gasteiger partial charge on any atom is -0.383 e. The molecule has 1 heterocycles. The van der Waals surface area contributed by atoms with Gasteiger partial charge in [-0.25, -0.2) is 0 Å². The summed E-state index contributed by atoms with van der Waals surface area (Å²) in [5, 5.41) is 0. The van der Waals surface area contributed by atoms with Crippen molar-refractivity contribution in [3.05, 3.63) is 29.3 Å². The standard InChI is InChI=1S/C12H10F3NO3/c1-19-5-4-16-9-3-2-7(12(13,14)15)6-8(9)10(17)11(16)18/h2-3,6H,4-5H2,1H3. The molecule has 0 unspecified atom stereocenters. The molecule has 0 spiro atoms. The van der Waals surface area contributed by atoms with Gasteiger partial charge in [-0.2, -0.15) is 13.2 Å². The third kappa shape index (κ3) is 2.33. The van der Waals surface area contributed by atoms with E-state index in [1.54, 1.807) is 0 Å². The molecule has 0 saturated heterocycles. The number of carbonyl (C=O) groups is 2. The van der Waals surface area contributed by atoms with Gasteiger partial charge in [-0.3, -0.25) is 9.59 Å². The van der Waals surface area contributed by atoms with E-state index in [0.717, 1.165) is 17.0 Å². The highest BCUT2D eigenvalue weighted by atomic mass is 19.4. The highest BCUT2D eigenvalue weighted by Gasteiger charge is 2.39. The second-order valence-corrected chi connectivity index (χ2v) is 4.01. The zero-order chi connectivity index (χ0) is 14.2. The number of hydrogen-bond acceptors (Lipinski definition) is 3. The fraction of sp³-hybridized carbons (Fsp3) is 0.333. The van der Waals surface area contributed by atoms with Gasteiger partial charge in [0.05, 0.1) is 23.4 Å². The summed E-state index contributed by atoms with van der Waals surface area (Å²) in [6.45, 7) is 0.318. The Morgan fingerprint density at radius 2 is 1.95 bits per heavy atom. The van der Waals surface area contributed by atoms with Gasteiger partial charge in [0.2, 0.25) is 0 Å². The summed E-state index contributed by atoms with van der Waals surface area (Å²) in [5.74, 6) is -1.75. The smallest absolute Gasteiger partial charge is 0.383 e. The number of halogens is 3. The van der Waals surface area contributed by atoms with Gasteiger partial charge in [-0.05, 0) is 18.2 Å². The minimum absolute atomic E-state index is 0.124. The molecule has 0 bridgehead atoms. The van der Waals surface area contributed by atoms with Crippen LogP contribution >= 0.6 is 0 Å². The molecule has 1 aromatic carbocycles. The molecule has 4 nitrogen and oxygen atoms in total. The van der Waals surface area contributed by atoms with Gasteiger partial charge in [-0.1, -0.05) is 0 Å². The lowest BCUT2D eigenvalue weighted by Crippen LogP contribution is -2.32. The lowest BCUT2D eigenvalue weighted by atomic mass is 10.1. The maximum Gasteiger partial charge on any atom is 0.416 e. The molecule has 1 amide bonds. The van der Waals surface area contributed by atoms with Crippen molar-refractivity contribution >= 4 is 17.4 Å². The maximum atomic E-state index is 12.6. The molecule has 7 heteroatoms. The Labute approximate surface area is 106 Å². The molecule has 1 aliphatic rings. The van der Waals surface area contributed by atoms with Gasteiger partial charge in [0.15, 0.2) is 0 Å². The van der Waals surface area contributed by atoms with E-state index in [0.29, 0.717) is 6.07 Å². The number of anilines is 1. The highest BCUT2D eigenvalue weighted by molar-refractivity contribution is 6.52. The summed E-state index contributed by atoms with van der Waals surface area (Å²) >= 11 is 0. The fourth-order valence-electron chi connectivity index (χ4n) is 1.88. The van der Waals surface area contributed by atoms with Gasteiger partial charge in [0.1, 0.15) is 0 Å². The molecule has 102 valence electrons. The van der Waals surface area contributed by atoms with Crippen LogP contribution in [0.5, 0.6) is 0 Å². The van der Waals surface area contributed by atoms with Crippen LogP contribution in [0.4, 0.5) is 18.9 Å². The van der Waals surface area contributed by atoms with E-state index in [9.17, 15) is 22.8 Å². The van der Waals surface area contributed by atoms with E-state index in [1.807, 2.05) is 0 Å². The molecular formula is C12H10F3NO3. The zero-order valence-corrected chi connectivity index (χ0v) is 9.95. The van der Waals surface area contributed by atoms with E-state index in [1.165, 1.54) is 7.11 Å². The SMILES string of the molecule is COCCN1C(=O)C(=O)c2cc(C(F)(F)F)ccc21. The second-order valence-electron chi connectivity index (χ2n) is 4.01. The number of Topliss-reactive ketones (excluding diaryl/α,β-unsaturated/α-hetero) is 1. The average molecular weight is 273 g/mol. The van der Waals surface area contributed by atoms with Gasteiger partial charge in [0.25, 0.3) is 11.7 Å². The number of rotatable bonds is 3. The molecule has 0 atom stereocenters. The van der Waals surface area contributed by atoms with Crippen molar-refractivity contribution < 1.29 is 27.5 Å². The topological polar surface area (TPSA) is 46.6 Å². The molecule has 0 aliphatic carbocycles. The predicted octanol–water partition coefficient (Wildman–Crippen LogP) is 1.88. The van der Waals surface area contributed by atoms with Crippen LogP contribution in [-0.2, 0) is 15.7 Å². The first-order valence-corrected chi connectivity index (χ1v) is 5.42. The quantitative estimate of drug-likeness (QED) is 0.790. The summed E-state index contributed by atoms with van der Waals surface area (Å²) in [5.41, 5.74) is -0.961. The molecule has 0 radical (unpaired) electrons. The monoisotopic (exact) mass is 273 g/mol. The lowest BCUT2D eigenvalue weighted by Gasteiger charge is -2.16. The number of nitrogens with zero attached hydrogens (tertiary/aromatic N) is 1. The van der Waals surface area contributed by atoms with Crippen LogP contribution in [0, 0.1) is 0 Å². The van der Waals surface area contributed by atoms with Crippen molar-refractivity contribution in [2.75, 3.05) is 25.2 Å². The Balaban J connectivity index is 2.41. The first kappa shape index (κ1) is 13.5. The van der Waals surface area contributed by atoms with Crippen molar-refractivity contribution in [2.45, 2.75) is 6.18 Å². The van der Waals surface area contributed by atoms with E-state index >= 15 is 0 Å². The Morgan fingerprint density at radius 1 is 1.26 bits per heavy atom. The maximum absolute atomic E-state index is 12.6. The summed E-state index contributed by atoms with van der Waals surface area (Å²) in [7, 11) is 1.43. The Bertz CT molecular complexity index is 540. The molecule has 0 N–H and O–H groups in total. The van der Waals surface area contributed by atoms with Crippen LogP contribution in [0.2, 0.25) is 0 Å². The number of carbonyl (C=O) groups excluding carboxylic acids is 2. The molecule has 0 fully saturated rings. The zero-order valence-electron chi connectivity index (χ0n) is 9.95. The number of methoxy groups -OCH3 is 1. The van der Waals surface area contributed by atoms with E-state index < -0.39 is 23.4 Å². The number of ether oxygens (including phenoxy) is 1. The Hall–Kier alpha value is -1.89. The van der Waals surface area contributed by atoms with Crippen molar-refractivity contribution in [1.29, 1.82) is 0 Å². The van der Waals surface area contributed by atoms with E-state index in [-0.39, 0.29) is 24.4 Å². The number of hydrogen-bond donors (Lipinski definition) is 0. The Morgan fingerprint density at radius 3 is 2.53 bits per heavy atom. The molecule has 1 aromatic rings. The number of ketones is 1. The van der Waals surface area contributed by atoms with Crippen LogP contribution in [0.15, 0.2) is 18.2 Å². The normalized spacial score (nSPS) is 15.1. The van der Waals surface area contributed by atoms with Gasteiger partial charge >= 0.3 is 6.18 Å². The van der Waals surface area contributed by atoms with Crippen molar-refractivity contribution in [3.63, 3.8) is 0 Å². The molecule has 2 rings (SSSR count). The lowest BCUT2D eigenvalue weighted by molar-refractivity contribution is -0.137. The molecular weight excluding hydrogens is 263 g/mol. The van der Waals surface area contributed by atoms with Crippen molar-refractivity contribution in [2.24, 2.45) is 0 Å². The van der Waals surface area contributed by atoms with Crippen LogP contribution < -0.4 is 4.90 Å². The second kappa shape index (κ2) is 4.65. The first-order valence-electron chi connectivity index (χ1n) is 5.42. The van der Waals surface area contributed by atoms with Crippen molar-refractivity contribution in [1.82, 2.24) is 0 Å². The molecule has 0 aromatic heterocycles. The number of alkyl halides is 3. The van der Waals surface area contributed by atoms with Crippen molar-refractivity contribution in [3.8, 4) is 0 Å². The highest BCUT2D eigenvalue weighted by Crippen LogP contribution is 2.35. The summed E-state index contributed by atoms with van der Waals surface area (Å²) < 4.78 is 42.4. The van der Waals surface area contributed by atoms with Crippen LogP contribution in [0.25, 0.3) is 0 Å². The fourth-order valence-corrected chi connectivity index (χ4v) is 1.88. The van der Waals surface area contributed by atoms with Gasteiger partial charge in [0, 0.05) is 13.7 Å². The number of benzene rings is 1. The third-order valence-corrected chi connectivity index (χ3v) is 2.82. The third-order valence-electron chi connectivity index (χ3n) is 2.82. The van der Waals surface area contributed by atoms with E-state index in [4.69, 9.17) is 4.74 Å². The average Bonchev–Trinajstić information content (AvgIpc) is 2.59. The molecule has 1 aliphatic heterocycles. The van der Waals surface area contributed by atoms with Crippen LogP contribution in [-0.4, -0.2) is 32.0 Å². The van der Waals surface area contributed by atoms with E-state index in [2.05, 4.69) is 0 Å². The minimum atomic E-state index is -4.54. The van der Waals surface area contributed by atoms with Gasteiger partial charge in [-0.15, -0.1) is 0 Å². The summed E-state index contributed by atoms with van der Waals surface area (Å²) in [6.07, 6.45) is -4.54. The van der Waals surface area contributed by atoms with Crippen LogP contribution in [0.3, 0.4) is 0 Å². The largest absolute Gasteiger partial charge is 0.416 e. The molecule has 0 saturated carbocycles. The number of fused-ring (bicyclic) bond motifs is 1. The Kier molecular flexibility index (Phi) is 3.32. The van der Waals surface area contributed by atoms with Gasteiger partial charge < -0.3 is 9.64 Å². The summed E-state index contributed by atoms with van der Waals surface area (Å²) in [6, 6.07) is 2.70. The first-order chi connectivity index (χ1) is 8.86. The number of amides is 1.